The van der Waals surface area contributed by atoms with Crippen LogP contribution in [0.4, 0.5) is 0 Å². The molecular weight excluding hydrogens is 446 g/mol. The Morgan fingerprint density at radius 1 is 0.970 bits per heavy atom. The second-order valence-electron chi connectivity index (χ2n) is 8.35. The molecule has 0 bridgehead atoms. The second-order valence-corrected chi connectivity index (χ2v) is 10.2. The fraction of sp³-hybridized carbons (Fsp3) is 0.391. The maximum absolute atomic E-state index is 13.2. The molecule has 5 rings (SSSR count). The van der Waals surface area contributed by atoms with Crippen LogP contribution in [0.25, 0.3) is 0 Å². The molecule has 3 aliphatic heterocycles. The van der Waals surface area contributed by atoms with Gasteiger partial charge in [0, 0.05) is 39.1 Å². The molecule has 1 unspecified atom stereocenters. The molecule has 0 spiro atoms. The largest absolute Gasteiger partial charge is 0.454 e. The van der Waals surface area contributed by atoms with E-state index >= 15 is 0 Å². The Hall–Kier alpha value is -3.11. The standard InChI is InChI=1S/C23H25N3O6S/c27-22-9-7-19(26(22)33(29,30)18-4-2-1-3-5-18)23(28)25-12-10-24(11-13-25)15-17-6-8-20-21(14-17)32-16-31-20/h1-6,8,14,19H,7,9-13,15-16H2. The van der Waals surface area contributed by atoms with Gasteiger partial charge < -0.3 is 14.4 Å². The minimum atomic E-state index is -4.07. The maximum atomic E-state index is 13.2. The zero-order valence-electron chi connectivity index (χ0n) is 18.1. The fourth-order valence-corrected chi connectivity index (χ4v) is 6.15. The van der Waals surface area contributed by atoms with Crippen LogP contribution in [0.3, 0.4) is 0 Å². The number of amides is 2. The lowest BCUT2D eigenvalue weighted by Crippen LogP contribution is -2.54. The van der Waals surface area contributed by atoms with Crippen molar-refractivity contribution in [3.05, 3.63) is 54.1 Å². The quantitative estimate of drug-likeness (QED) is 0.651. The monoisotopic (exact) mass is 471 g/mol. The number of carbonyl (C=O) groups is 2. The summed E-state index contributed by atoms with van der Waals surface area (Å²) >= 11 is 0. The summed E-state index contributed by atoms with van der Waals surface area (Å²) in [6, 6.07) is 12.7. The van der Waals surface area contributed by atoms with E-state index in [2.05, 4.69) is 4.90 Å². The van der Waals surface area contributed by atoms with Crippen molar-refractivity contribution in [2.24, 2.45) is 0 Å². The number of benzene rings is 2. The first-order valence-corrected chi connectivity index (χ1v) is 12.4. The van der Waals surface area contributed by atoms with E-state index in [0.29, 0.717) is 26.2 Å². The van der Waals surface area contributed by atoms with E-state index in [4.69, 9.17) is 9.47 Å². The molecule has 2 aromatic rings. The molecule has 2 aromatic carbocycles. The number of carbonyl (C=O) groups excluding carboxylic acids is 2. The van der Waals surface area contributed by atoms with E-state index in [1.54, 1.807) is 23.1 Å². The average Bonchev–Trinajstić information content (AvgIpc) is 3.46. The van der Waals surface area contributed by atoms with Crippen molar-refractivity contribution >= 4 is 21.8 Å². The van der Waals surface area contributed by atoms with Crippen LogP contribution in [-0.2, 0) is 26.2 Å². The molecule has 2 fully saturated rings. The van der Waals surface area contributed by atoms with Crippen molar-refractivity contribution in [2.45, 2.75) is 30.3 Å². The molecule has 0 aromatic heterocycles. The number of ether oxygens (including phenoxy) is 2. The summed E-state index contributed by atoms with van der Waals surface area (Å²) in [5.41, 5.74) is 1.10. The summed E-state index contributed by atoms with van der Waals surface area (Å²) in [4.78, 5) is 29.7. The van der Waals surface area contributed by atoms with Crippen molar-refractivity contribution in [1.82, 2.24) is 14.1 Å². The topological polar surface area (TPSA) is 96.5 Å². The zero-order chi connectivity index (χ0) is 23.0. The van der Waals surface area contributed by atoms with Crippen LogP contribution in [0.1, 0.15) is 18.4 Å². The Balaban J connectivity index is 1.23. The lowest BCUT2D eigenvalue weighted by Gasteiger charge is -2.37. The van der Waals surface area contributed by atoms with Gasteiger partial charge in [-0.05, 0) is 36.2 Å². The van der Waals surface area contributed by atoms with Crippen LogP contribution in [0, 0.1) is 0 Å². The number of nitrogens with zero attached hydrogens (tertiary/aromatic N) is 3. The minimum Gasteiger partial charge on any atom is -0.454 e. The first-order valence-electron chi connectivity index (χ1n) is 11.0. The van der Waals surface area contributed by atoms with Crippen molar-refractivity contribution in [3.63, 3.8) is 0 Å². The number of piperazine rings is 1. The zero-order valence-corrected chi connectivity index (χ0v) is 18.9. The average molecular weight is 472 g/mol. The third-order valence-corrected chi connectivity index (χ3v) is 8.12. The van der Waals surface area contributed by atoms with E-state index in [1.807, 2.05) is 18.2 Å². The van der Waals surface area contributed by atoms with Gasteiger partial charge in [-0.25, -0.2) is 12.7 Å². The normalized spacial score (nSPS) is 21.0. The molecule has 0 aliphatic carbocycles. The molecule has 9 nitrogen and oxygen atoms in total. The van der Waals surface area contributed by atoms with E-state index in [0.717, 1.165) is 27.9 Å². The van der Waals surface area contributed by atoms with Crippen LogP contribution in [0.5, 0.6) is 11.5 Å². The Morgan fingerprint density at radius 2 is 1.70 bits per heavy atom. The molecule has 0 N–H and O–H groups in total. The Labute approximate surface area is 192 Å². The van der Waals surface area contributed by atoms with Gasteiger partial charge in [-0.2, -0.15) is 0 Å². The van der Waals surface area contributed by atoms with E-state index in [9.17, 15) is 18.0 Å². The lowest BCUT2D eigenvalue weighted by molar-refractivity contribution is -0.139. The molecule has 174 valence electrons. The number of rotatable bonds is 5. The number of hydrogen-bond donors (Lipinski definition) is 0. The SMILES string of the molecule is O=C(C1CCC(=O)N1S(=O)(=O)c1ccccc1)N1CCN(Cc2ccc3c(c2)OCO3)CC1. The molecule has 3 aliphatic rings. The third-order valence-electron chi connectivity index (χ3n) is 6.27. The summed E-state index contributed by atoms with van der Waals surface area (Å²) in [6.45, 7) is 3.23. The fourth-order valence-electron chi connectivity index (χ4n) is 4.53. The highest BCUT2D eigenvalue weighted by Gasteiger charge is 2.45. The Morgan fingerprint density at radius 3 is 2.45 bits per heavy atom. The van der Waals surface area contributed by atoms with E-state index < -0.39 is 22.0 Å². The highest BCUT2D eigenvalue weighted by Crippen LogP contribution is 2.33. The van der Waals surface area contributed by atoms with Gasteiger partial charge in [-0.15, -0.1) is 0 Å². The van der Waals surface area contributed by atoms with E-state index in [1.165, 1.54) is 12.1 Å². The highest BCUT2D eigenvalue weighted by atomic mass is 32.2. The first kappa shape index (κ1) is 21.7. The summed E-state index contributed by atoms with van der Waals surface area (Å²) in [6.07, 6.45) is 0.258. The van der Waals surface area contributed by atoms with Crippen molar-refractivity contribution in [1.29, 1.82) is 0 Å². The second kappa shape index (κ2) is 8.68. The summed E-state index contributed by atoms with van der Waals surface area (Å²) < 4.78 is 37.8. The summed E-state index contributed by atoms with van der Waals surface area (Å²) in [5, 5.41) is 0. The van der Waals surface area contributed by atoms with Gasteiger partial charge in [0.15, 0.2) is 11.5 Å². The van der Waals surface area contributed by atoms with Gasteiger partial charge in [0.1, 0.15) is 6.04 Å². The van der Waals surface area contributed by atoms with Crippen LogP contribution >= 0.6 is 0 Å². The number of hydrogen-bond acceptors (Lipinski definition) is 7. The van der Waals surface area contributed by atoms with Gasteiger partial charge in [-0.3, -0.25) is 14.5 Å². The predicted octanol–water partition coefficient (Wildman–Crippen LogP) is 1.44. The lowest BCUT2D eigenvalue weighted by atomic mass is 10.1. The number of fused-ring (bicyclic) bond motifs is 1. The van der Waals surface area contributed by atoms with E-state index in [-0.39, 0.29) is 30.4 Å². The van der Waals surface area contributed by atoms with Gasteiger partial charge in [0.2, 0.25) is 18.6 Å². The molecule has 1 atom stereocenters. The molecule has 3 heterocycles. The minimum absolute atomic E-state index is 0.0200. The molecular formula is C23H25N3O6S. The molecule has 2 saturated heterocycles. The van der Waals surface area contributed by atoms with Gasteiger partial charge in [0.25, 0.3) is 10.0 Å². The first-order chi connectivity index (χ1) is 15.9. The van der Waals surface area contributed by atoms with Crippen molar-refractivity contribution in [3.8, 4) is 11.5 Å². The van der Waals surface area contributed by atoms with Gasteiger partial charge in [-0.1, -0.05) is 24.3 Å². The Kier molecular flexibility index (Phi) is 5.71. The summed E-state index contributed by atoms with van der Waals surface area (Å²) in [5.74, 6) is 0.656. The van der Waals surface area contributed by atoms with Crippen LogP contribution < -0.4 is 9.47 Å². The van der Waals surface area contributed by atoms with Crippen LogP contribution in [0.15, 0.2) is 53.4 Å². The number of sulfonamides is 1. The van der Waals surface area contributed by atoms with Gasteiger partial charge in [0.05, 0.1) is 4.90 Å². The van der Waals surface area contributed by atoms with Crippen molar-refractivity contribution < 1.29 is 27.5 Å². The molecule has 10 heteroatoms. The Bertz CT molecular complexity index is 1160. The molecule has 0 saturated carbocycles. The van der Waals surface area contributed by atoms with Crippen molar-refractivity contribution in [2.75, 3.05) is 33.0 Å². The summed E-state index contributed by atoms with van der Waals surface area (Å²) in [7, 11) is -4.07. The van der Waals surface area contributed by atoms with Gasteiger partial charge >= 0.3 is 0 Å². The highest BCUT2D eigenvalue weighted by molar-refractivity contribution is 7.89. The predicted molar refractivity (Wildman–Crippen MR) is 118 cm³/mol. The third kappa shape index (κ3) is 4.16. The van der Waals surface area contributed by atoms with Crippen LogP contribution in [-0.4, -0.2) is 73.4 Å². The smallest absolute Gasteiger partial charge is 0.267 e. The molecule has 2 amide bonds. The maximum Gasteiger partial charge on any atom is 0.267 e. The molecule has 0 radical (unpaired) electrons. The van der Waals surface area contributed by atoms with Crippen LogP contribution in [0.2, 0.25) is 0 Å². The molecule has 33 heavy (non-hydrogen) atoms.